The van der Waals surface area contributed by atoms with Crippen molar-refractivity contribution < 1.29 is 17.9 Å². The van der Waals surface area contributed by atoms with Crippen molar-refractivity contribution in [2.24, 2.45) is 0 Å². The molecule has 0 aliphatic carbocycles. The average Bonchev–Trinajstić information content (AvgIpc) is 3.17. The predicted molar refractivity (Wildman–Crippen MR) is 120 cm³/mol. The first-order valence-corrected chi connectivity index (χ1v) is 12.1. The lowest BCUT2D eigenvalue weighted by Crippen LogP contribution is -2.30. The second-order valence-electron chi connectivity index (χ2n) is 6.64. The maximum atomic E-state index is 12.8. The number of rotatable bonds is 9. The number of aromatic nitrogens is 3. The van der Waals surface area contributed by atoms with Crippen LogP contribution < -0.4 is 10.1 Å². The summed E-state index contributed by atoms with van der Waals surface area (Å²) < 4.78 is 33.8. The van der Waals surface area contributed by atoms with E-state index in [1.807, 2.05) is 0 Å². The molecule has 0 aliphatic heterocycles. The van der Waals surface area contributed by atoms with Crippen molar-refractivity contribution in [1.29, 1.82) is 0 Å². The van der Waals surface area contributed by atoms with E-state index in [9.17, 15) is 13.2 Å². The van der Waals surface area contributed by atoms with Gasteiger partial charge in [-0.15, -0.1) is 10.2 Å². The Bertz CT molecular complexity index is 1160. The van der Waals surface area contributed by atoms with E-state index in [2.05, 4.69) is 15.5 Å². The fraction of sp³-hybridized carbons (Fsp3) is 0.350. The molecule has 1 N–H and O–H groups in total. The quantitative estimate of drug-likeness (QED) is 0.486. The van der Waals surface area contributed by atoms with Gasteiger partial charge in [0.25, 0.3) is 0 Å². The fourth-order valence-corrected chi connectivity index (χ4v) is 5.21. The summed E-state index contributed by atoms with van der Waals surface area (Å²) in [5.41, 5.74) is 1.15. The SMILES string of the molecule is CCN(CC)S(=O)(=O)c1ccc2nnc(SC(C)C(=O)Nc3ccc(OC)cc3)n2c1. The zero-order valence-electron chi connectivity index (χ0n) is 17.8. The number of thioether (sulfide) groups is 1. The van der Waals surface area contributed by atoms with Crippen LogP contribution in [0.4, 0.5) is 5.69 Å². The van der Waals surface area contributed by atoms with Crippen LogP contribution in [0.1, 0.15) is 20.8 Å². The van der Waals surface area contributed by atoms with Crippen molar-refractivity contribution in [2.75, 3.05) is 25.5 Å². The van der Waals surface area contributed by atoms with Crippen LogP contribution in [0.5, 0.6) is 5.75 Å². The molecule has 1 amide bonds. The van der Waals surface area contributed by atoms with Crippen LogP contribution in [0, 0.1) is 0 Å². The first-order chi connectivity index (χ1) is 14.8. The largest absolute Gasteiger partial charge is 0.497 e. The Morgan fingerprint density at radius 3 is 2.45 bits per heavy atom. The van der Waals surface area contributed by atoms with E-state index in [1.54, 1.807) is 62.6 Å². The van der Waals surface area contributed by atoms with Crippen molar-refractivity contribution in [3.63, 3.8) is 0 Å². The molecule has 3 rings (SSSR count). The van der Waals surface area contributed by atoms with Gasteiger partial charge in [-0.2, -0.15) is 4.31 Å². The van der Waals surface area contributed by atoms with Crippen LogP contribution in [-0.4, -0.2) is 58.7 Å². The Hall–Kier alpha value is -2.63. The Morgan fingerprint density at radius 1 is 1.16 bits per heavy atom. The van der Waals surface area contributed by atoms with Crippen LogP contribution in [-0.2, 0) is 14.8 Å². The van der Waals surface area contributed by atoms with E-state index in [4.69, 9.17) is 4.74 Å². The second-order valence-corrected chi connectivity index (χ2v) is 9.89. The zero-order chi connectivity index (χ0) is 22.6. The summed E-state index contributed by atoms with van der Waals surface area (Å²) in [5.74, 6) is 0.490. The number of nitrogens with one attached hydrogen (secondary N) is 1. The number of ether oxygens (including phenoxy) is 1. The van der Waals surface area contributed by atoms with E-state index in [1.165, 1.54) is 28.3 Å². The Kier molecular flexibility index (Phi) is 7.19. The number of methoxy groups -OCH3 is 1. The Balaban J connectivity index is 1.80. The molecule has 0 aliphatic rings. The normalized spacial score (nSPS) is 12.8. The number of nitrogens with zero attached hydrogens (tertiary/aromatic N) is 4. The number of carbonyl (C=O) groups is 1. The van der Waals surface area contributed by atoms with Crippen molar-refractivity contribution in [2.45, 2.75) is 36.1 Å². The van der Waals surface area contributed by atoms with Gasteiger partial charge in [-0.25, -0.2) is 8.42 Å². The van der Waals surface area contributed by atoms with Crippen LogP contribution >= 0.6 is 11.8 Å². The molecule has 1 unspecified atom stereocenters. The van der Waals surface area contributed by atoms with E-state index in [0.29, 0.717) is 35.3 Å². The summed E-state index contributed by atoms with van der Waals surface area (Å²) in [6.45, 7) is 6.10. The number of sulfonamides is 1. The van der Waals surface area contributed by atoms with Gasteiger partial charge in [0.05, 0.1) is 17.3 Å². The smallest absolute Gasteiger partial charge is 0.244 e. The number of amides is 1. The van der Waals surface area contributed by atoms with Crippen LogP contribution in [0.2, 0.25) is 0 Å². The van der Waals surface area contributed by atoms with Gasteiger partial charge >= 0.3 is 0 Å². The molecule has 0 spiro atoms. The first kappa shape index (κ1) is 23.0. The molecule has 0 saturated carbocycles. The minimum Gasteiger partial charge on any atom is -0.497 e. The molecule has 166 valence electrons. The van der Waals surface area contributed by atoms with E-state index >= 15 is 0 Å². The van der Waals surface area contributed by atoms with E-state index in [0.717, 1.165) is 0 Å². The van der Waals surface area contributed by atoms with Crippen molar-refractivity contribution in [1.82, 2.24) is 18.9 Å². The molecule has 2 heterocycles. The minimum absolute atomic E-state index is 0.153. The Morgan fingerprint density at radius 2 is 1.84 bits per heavy atom. The van der Waals surface area contributed by atoms with Gasteiger partial charge in [0, 0.05) is 25.0 Å². The summed E-state index contributed by atoms with van der Waals surface area (Å²) in [6.07, 6.45) is 1.50. The Labute approximate surface area is 185 Å². The van der Waals surface area contributed by atoms with Crippen LogP contribution in [0.3, 0.4) is 0 Å². The molecule has 1 atom stereocenters. The highest BCUT2D eigenvalue weighted by atomic mass is 32.2. The lowest BCUT2D eigenvalue weighted by molar-refractivity contribution is -0.115. The lowest BCUT2D eigenvalue weighted by Gasteiger charge is -2.18. The van der Waals surface area contributed by atoms with Crippen molar-refractivity contribution in [3.05, 3.63) is 42.6 Å². The van der Waals surface area contributed by atoms with Gasteiger partial charge in [0.1, 0.15) is 5.75 Å². The number of pyridine rings is 1. The molecule has 0 saturated heterocycles. The third kappa shape index (κ3) is 5.00. The lowest BCUT2D eigenvalue weighted by atomic mass is 10.3. The highest BCUT2D eigenvalue weighted by Gasteiger charge is 2.24. The molecule has 0 bridgehead atoms. The third-order valence-electron chi connectivity index (χ3n) is 4.70. The van der Waals surface area contributed by atoms with Crippen molar-refractivity contribution in [3.8, 4) is 5.75 Å². The minimum atomic E-state index is -3.62. The topological polar surface area (TPSA) is 106 Å². The van der Waals surface area contributed by atoms with Gasteiger partial charge in [-0.05, 0) is 43.3 Å². The summed E-state index contributed by atoms with van der Waals surface area (Å²) in [4.78, 5) is 12.8. The average molecular weight is 464 g/mol. The number of fused-ring (bicyclic) bond motifs is 1. The first-order valence-electron chi connectivity index (χ1n) is 9.76. The van der Waals surface area contributed by atoms with E-state index < -0.39 is 15.3 Å². The molecule has 3 aromatic rings. The molecule has 2 aromatic heterocycles. The molecule has 0 radical (unpaired) electrons. The highest BCUT2D eigenvalue weighted by molar-refractivity contribution is 8.00. The molecular formula is C20H25N5O4S2. The standard InChI is InChI=1S/C20H25N5O4S2/c1-5-24(6-2)31(27,28)17-11-12-18-22-23-20(25(18)13-17)30-14(3)19(26)21-15-7-9-16(29-4)10-8-15/h7-14H,5-6H2,1-4H3,(H,21,26). The van der Waals surface area contributed by atoms with Crippen LogP contribution in [0.25, 0.3) is 5.65 Å². The molecular weight excluding hydrogens is 438 g/mol. The fourth-order valence-electron chi connectivity index (χ4n) is 2.93. The summed E-state index contributed by atoms with van der Waals surface area (Å²) in [6, 6.07) is 10.2. The summed E-state index contributed by atoms with van der Waals surface area (Å²) in [7, 11) is -2.04. The monoisotopic (exact) mass is 463 g/mol. The molecule has 0 fully saturated rings. The molecule has 9 nitrogen and oxygen atoms in total. The number of benzene rings is 1. The molecule has 1 aromatic carbocycles. The maximum Gasteiger partial charge on any atom is 0.244 e. The van der Waals surface area contributed by atoms with Gasteiger partial charge in [-0.3, -0.25) is 9.20 Å². The van der Waals surface area contributed by atoms with Crippen LogP contribution in [0.15, 0.2) is 52.6 Å². The maximum absolute atomic E-state index is 12.8. The van der Waals surface area contributed by atoms with Gasteiger partial charge in [0.2, 0.25) is 15.9 Å². The number of hydrogen-bond acceptors (Lipinski definition) is 7. The second kappa shape index (κ2) is 9.67. The highest BCUT2D eigenvalue weighted by Crippen LogP contribution is 2.25. The summed E-state index contributed by atoms with van der Waals surface area (Å²) in [5, 5.41) is 11.0. The number of anilines is 1. The molecule has 11 heteroatoms. The van der Waals surface area contributed by atoms with Crippen molar-refractivity contribution >= 4 is 39.0 Å². The summed E-state index contributed by atoms with van der Waals surface area (Å²) >= 11 is 1.20. The third-order valence-corrected chi connectivity index (χ3v) is 7.79. The number of carbonyl (C=O) groups excluding carboxylic acids is 1. The van der Waals surface area contributed by atoms with E-state index in [-0.39, 0.29) is 10.8 Å². The number of hydrogen-bond donors (Lipinski definition) is 1. The zero-order valence-corrected chi connectivity index (χ0v) is 19.4. The van der Waals surface area contributed by atoms with Gasteiger partial charge in [-0.1, -0.05) is 25.6 Å². The predicted octanol–water partition coefficient (Wildman–Crippen LogP) is 2.89. The molecule has 31 heavy (non-hydrogen) atoms. The van der Waals surface area contributed by atoms with Gasteiger partial charge < -0.3 is 10.1 Å². The van der Waals surface area contributed by atoms with Gasteiger partial charge in [0.15, 0.2) is 10.8 Å².